The van der Waals surface area contributed by atoms with Gasteiger partial charge in [0.1, 0.15) is 11.5 Å². The predicted octanol–water partition coefficient (Wildman–Crippen LogP) is 2.97. The van der Waals surface area contributed by atoms with E-state index in [2.05, 4.69) is 35.2 Å². The van der Waals surface area contributed by atoms with E-state index in [1.807, 2.05) is 0 Å². The zero-order chi connectivity index (χ0) is 16.6. The Morgan fingerprint density at radius 3 is 2.83 bits per heavy atom. The van der Waals surface area contributed by atoms with Crippen LogP contribution in [0.2, 0.25) is 0 Å². The van der Waals surface area contributed by atoms with E-state index in [-0.39, 0.29) is 5.91 Å². The van der Waals surface area contributed by atoms with Crippen LogP contribution in [0.5, 0.6) is 0 Å². The number of hydrogen-bond acceptors (Lipinski definition) is 4. The van der Waals surface area contributed by atoms with Crippen molar-refractivity contribution in [2.24, 2.45) is 17.3 Å². The SMILES string of the molecule is CN(C)C(=O)c1cncc(NCCC2=CC[C@H]3C[C@@H]2C3(C)C)n1. The second-order valence-electron chi connectivity index (χ2n) is 7.49. The molecule has 124 valence electrons. The Kier molecular flexibility index (Phi) is 4.13. The maximum Gasteiger partial charge on any atom is 0.273 e. The largest absolute Gasteiger partial charge is 0.368 e. The predicted molar refractivity (Wildman–Crippen MR) is 91.2 cm³/mol. The van der Waals surface area contributed by atoms with E-state index in [1.165, 1.54) is 23.9 Å². The highest BCUT2D eigenvalue weighted by molar-refractivity contribution is 5.91. The lowest BCUT2D eigenvalue weighted by molar-refractivity contribution is -0.00789. The summed E-state index contributed by atoms with van der Waals surface area (Å²) < 4.78 is 0. The van der Waals surface area contributed by atoms with Gasteiger partial charge in [-0.25, -0.2) is 4.98 Å². The third kappa shape index (κ3) is 2.96. The molecule has 2 atom stereocenters. The first-order valence-corrected chi connectivity index (χ1v) is 8.36. The van der Waals surface area contributed by atoms with Crippen LogP contribution in [0.1, 0.15) is 43.6 Å². The van der Waals surface area contributed by atoms with Crippen LogP contribution >= 0.6 is 0 Å². The summed E-state index contributed by atoms with van der Waals surface area (Å²) in [7, 11) is 3.43. The van der Waals surface area contributed by atoms with Crippen molar-refractivity contribution < 1.29 is 4.79 Å². The van der Waals surface area contributed by atoms with E-state index in [0.717, 1.165) is 24.8 Å². The van der Waals surface area contributed by atoms with Gasteiger partial charge in [-0.15, -0.1) is 0 Å². The molecule has 1 fully saturated rings. The topological polar surface area (TPSA) is 58.1 Å². The van der Waals surface area contributed by atoms with Crippen LogP contribution in [0.15, 0.2) is 24.0 Å². The van der Waals surface area contributed by atoms with Gasteiger partial charge in [0, 0.05) is 20.6 Å². The van der Waals surface area contributed by atoms with Gasteiger partial charge in [-0.1, -0.05) is 25.5 Å². The number of anilines is 1. The van der Waals surface area contributed by atoms with Gasteiger partial charge in [0.25, 0.3) is 5.91 Å². The molecule has 0 radical (unpaired) electrons. The lowest BCUT2D eigenvalue weighted by Crippen LogP contribution is -2.48. The molecule has 2 bridgehead atoms. The number of amides is 1. The van der Waals surface area contributed by atoms with Crippen molar-refractivity contribution in [2.45, 2.75) is 33.1 Å². The van der Waals surface area contributed by atoms with Gasteiger partial charge in [-0.3, -0.25) is 9.78 Å². The lowest BCUT2D eigenvalue weighted by atomic mass is 9.48. The molecule has 0 saturated heterocycles. The van der Waals surface area contributed by atoms with Crippen LogP contribution in [0.3, 0.4) is 0 Å². The second kappa shape index (κ2) is 5.95. The molecule has 0 aliphatic heterocycles. The monoisotopic (exact) mass is 314 g/mol. The Hall–Kier alpha value is -1.91. The number of rotatable bonds is 5. The van der Waals surface area contributed by atoms with Gasteiger partial charge < -0.3 is 10.2 Å². The number of allylic oxidation sites excluding steroid dienone is 1. The molecule has 1 amide bonds. The first kappa shape index (κ1) is 16.0. The van der Waals surface area contributed by atoms with Gasteiger partial charge >= 0.3 is 0 Å². The molecule has 3 aliphatic rings. The molecule has 5 heteroatoms. The van der Waals surface area contributed by atoms with Crippen LogP contribution in [-0.2, 0) is 0 Å². The molecule has 0 unspecified atom stereocenters. The Bertz CT molecular complexity index is 636. The van der Waals surface area contributed by atoms with Crippen LogP contribution in [0.25, 0.3) is 0 Å². The molecule has 1 N–H and O–H groups in total. The van der Waals surface area contributed by atoms with E-state index in [4.69, 9.17) is 0 Å². The van der Waals surface area contributed by atoms with Crippen LogP contribution in [-0.4, -0.2) is 41.4 Å². The molecule has 0 spiro atoms. The fourth-order valence-electron chi connectivity index (χ4n) is 3.88. The standard InChI is InChI=1S/C18H26N4O/c1-18(2)13-6-5-12(14(18)9-13)7-8-20-16-11-19-10-15(21-16)17(23)22(3)4/h5,10-11,13-14H,6-9H2,1-4H3,(H,20,21)/t13-,14-/m0/s1. The number of carbonyl (C=O) groups is 1. The van der Waals surface area contributed by atoms with Crippen molar-refractivity contribution in [3.63, 3.8) is 0 Å². The maximum absolute atomic E-state index is 11.9. The number of aromatic nitrogens is 2. The lowest BCUT2D eigenvalue weighted by Gasteiger charge is -2.56. The molecule has 1 aromatic rings. The average Bonchev–Trinajstić information content (AvgIpc) is 2.54. The Morgan fingerprint density at radius 1 is 1.39 bits per heavy atom. The van der Waals surface area contributed by atoms with Gasteiger partial charge in [0.05, 0.1) is 12.4 Å². The first-order chi connectivity index (χ1) is 10.9. The van der Waals surface area contributed by atoms with Crippen molar-refractivity contribution in [1.82, 2.24) is 14.9 Å². The zero-order valence-corrected chi connectivity index (χ0v) is 14.5. The summed E-state index contributed by atoms with van der Waals surface area (Å²) in [6, 6.07) is 0. The number of nitrogens with one attached hydrogen (secondary N) is 1. The molecule has 1 saturated carbocycles. The molecule has 5 nitrogen and oxygen atoms in total. The van der Waals surface area contributed by atoms with Crippen molar-refractivity contribution in [3.05, 3.63) is 29.7 Å². The van der Waals surface area contributed by atoms with Gasteiger partial charge in [-0.05, 0) is 36.5 Å². The summed E-state index contributed by atoms with van der Waals surface area (Å²) in [5.41, 5.74) is 2.43. The van der Waals surface area contributed by atoms with E-state index in [9.17, 15) is 4.79 Å². The van der Waals surface area contributed by atoms with E-state index >= 15 is 0 Å². The van der Waals surface area contributed by atoms with E-state index in [1.54, 1.807) is 25.9 Å². The Morgan fingerprint density at radius 2 is 2.17 bits per heavy atom. The minimum Gasteiger partial charge on any atom is -0.368 e. The van der Waals surface area contributed by atoms with Gasteiger partial charge in [0.2, 0.25) is 0 Å². The third-order valence-electron chi connectivity index (χ3n) is 5.56. The molecule has 23 heavy (non-hydrogen) atoms. The number of nitrogens with zero attached hydrogens (tertiary/aromatic N) is 3. The van der Waals surface area contributed by atoms with Crippen molar-refractivity contribution in [2.75, 3.05) is 26.0 Å². The number of carbonyl (C=O) groups excluding carboxylic acids is 1. The summed E-state index contributed by atoms with van der Waals surface area (Å²) in [5.74, 6) is 2.16. The molecule has 0 aromatic carbocycles. The van der Waals surface area contributed by atoms with Crippen molar-refractivity contribution in [1.29, 1.82) is 0 Å². The molecular weight excluding hydrogens is 288 g/mol. The fraction of sp³-hybridized carbons (Fsp3) is 0.611. The molecule has 3 aliphatic carbocycles. The average molecular weight is 314 g/mol. The molecule has 1 heterocycles. The smallest absolute Gasteiger partial charge is 0.273 e. The molecule has 1 aromatic heterocycles. The minimum atomic E-state index is -0.126. The quantitative estimate of drug-likeness (QED) is 0.849. The zero-order valence-electron chi connectivity index (χ0n) is 14.5. The fourth-order valence-corrected chi connectivity index (χ4v) is 3.88. The summed E-state index contributed by atoms with van der Waals surface area (Å²) in [6.07, 6.45) is 9.23. The minimum absolute atomic E-state index is 0.126. The highest BCUT2D eigenvalue weighted by Gasteiger charge is 2.50. The Labute approximate surface area is 138 Å². The Balaban J connectivity index is 1.56. The maximum atomic E-state index is 11.9. The van der Waals surface area contributed by atoms with Gasteiger partial charge in [-0.2, -0.15) is 0 Å². The summed E-state index contributed by atoms with van der Waals surface area (Å²) >= 11 is 0. The normalized spacial score (nSPS) is 24.4. The van der Waals surface area contributed by atoms with Crippen LogP contribution in [0, 0.1) is 17.3 Å². The van der Waals surface area contributed by atoms with Crippen LogP contribution in [0.4, 0.5) is 5.82 Å². The highest BCUT2D eigenvalue weighted by Crippen LogP contribution is 2.59. The summed E-state index contributed by atoms with van der Waals surface area (Å²) in [6.45, 7) is 5.62. The van der Waals surface area contributed by atoms with Crippen molar-refractivity contribution >= 4 is 11.7 Å². The third-order valence-corrected chi connectivity index (χ3v) is 5.56. The first-order valence-electron chi connectivity index (χ1n) is 8.36. The van der Waals surface area contributed by atoms with Crippen molar-refractivity contribution in [3.8, 4) is 0 Å². The van der Waals surface area contributed by atoms with Gasteiger partial charge in [0.15, 0.2) is 0 Å². The summed E-state index contributed by atoms with van der Waals surface area (Å²) in [5, 5.41) is 3.31. The van der Waals surface area contributed by atoms with E-state index < -0.39 is 0 Å². The summed E-state index contributed by atoms with van der Waals surface area (Å²) in [4.78, 5) is 21.9. The number of fused-ring (bicyclic) bond motifs is 1. The van der Waals surface area contributed by atoms with Crippen LogP contribution < -0.4 is 5.32 Å². The second-order valence-corrected chi connectivity index (χ2v) is 7.49. The molecule has 4 rings (SSSR count). The number of hydrogen-bond donors (Lipinski definition) is 1. The van der Waals surface area contributed by atoms with E-state index in [0.29, 0.717) is 16.9 Å². The highest BCUT2D eigenvalue weighted by atomic mass is 16.2. The molecular formula is C18H26N4O.